The predicted octanol–water partition coefficient (Wildman–Crippen LogP) is 3.23. The average Bonchev–Trinajstić information content (AvgIpc) is 2.32. The second-order valence-corrected chi connectivity index (χ2v) is 4.48. The van der Waals surface area contributed by atoms with Gasteiger partial charge in [-0.05, 0) is 50.5 Å². The van der Waals surface area contributed by atoms with Crippen LogP contribution < -0.4 is 5.32 Å². The van der Waals surface area contributed by atoms with Gasteiger partial charge in [0.15, 0.2) is 0 Å². The highest BCUT2D eigenvalue weighted by Gasteiger charge is 2.22. The second-order valence-electron chi connectivity index (χ2n) is 4.48. The van der Waals surface area contributed by atoms with E-state index in [2.05, 4.69) is 12.2 Å². The molecule has 1 unspecified atom stereocenters. The molecule has 1 N–H and O–H groups in total. The van der Waals surface area contributed by atoms with Gasteiger partial charge in [-0.25, -0.2) is 9.18 Å². The molecule has 4 heteroatoms. The average molecular weight is 236 g/mol. The maximum Gasteiger partial charge on any atom is 0.322 e. The number of hydrogen-bond donors (Lipinski definition) is 1. The van der Waals surface area contributed by atoms with Crippen LogP contribution in [0, 0.1) is 5.82 Å². The van der Waals surface area contributed by atoms with Crippen LogP contribution in [0.15, 0.2) is 24.3 Å². The Morgan fingerprint density at radius 3 is 2.71 bits per heavy atom. The van der Waals surface area contributed by atoms with Crippen LogP contribution in [0.4, 0.5) is 14.9 Å². The van der Waals surface area contributed by atoms with Crippen LogP contribution in [0.5, 0.6) is 0 Å². The van der Waals surface area contributed by atoms with E-state index >= 15 is 0 Å². The van der Waals surface area contributed by atoms with E-state index in [0.717, 1.165) is 19.4 Å². The molecule has 17 heavy (non-hydrogen) atoms. The van der Waals surface area contributed by atoms with Gasteiger partial charge in [-0.1, -0.05) is 0 Å². The van der Waals surface area contributed by atoms with Crippen molar-refractivity contribution in [2.75, 3.05) is 11.9 Å². The van der Waals surface area contributed by atoms with Crippen molar-refractivity contribution >= 4 is 11.7 Å². The number of piperidine rings is 1. The first-order valence-corrected chi connectivity index (χ1v) is 6.00. The second kappa shape index (κ2) is 5.17. The summed E-state index contributed by atoms with van der Waals surface area (Å²) in [5.74, 6) is -0.297. The maximum atomic E-state index is 12.7. The van der Waals surface area contributed by atoms with Gasteiger partial charge in [0.1, 0.15) is 5.82 Å². The Morgan fingerprint density at radius 2 is 2.06 bits per heavy atom. The van der Waals surface area contributed by atoms with E-state index in [9.17, 15) is 9.18 Å². The standard InChI is InChI=1S/C13H17FN2O/c1-10-4-2-3-9-16(10)13(17)15-12-7-5-11(14)6-8-12/h5-8,10H,2-4,9H2,1H3,(H,15,17). The number of urea groups is 1. The van der Waals surface area contributed by atoms with Gasteiger partial charge in [-0.3, -0.25) is 0 Å². The normalized spacial score (nSPS) is 20.1. The number of carbonyl (C=O) groups excluding carboxylic acids is 1. The molecule has 1 heterocycles. The number of likely N-dealkylation sites (tertiary alicyclic amines) is 1. The monoisotopic (exact) mass is 236 g/mol. The zero-order valence-corrected chi connectivity index (χ0v) is 9.95. The summed E-state index contributed by atoms with van der Waals surface area (Å²) >= 11 is 0. The number of amides is 2. The highest BCUT2D eigenvalue weighted by atomic mass is 19.1. The molecule has 1 saturated heterocycles. The van der Waals surface area contributed by atoms with Crippen LogP contribution in [0.3, 0.4) is 0 Å². The Labute approximate surface area is 101 Å². The molecule has 0 spiro atoms. The molecule has 3 nitrogen and oxygen atoms in total. The van der Waals surface area contributed by atoms with Crippen molar-refractivity contribution in [2.45, 2.75) is 32.2 Å². The lowest BCUT2D eigenvalue weighted by Gasteiger charge is -2.33. The number of rotatable bonds is 1. The molecular weight excluding hydrogens is 219 g/mol. The minimum absolute atomic E-state index is 0.0937. The van der Waals surface area contributed by atoms with Crippen LogP contribution in [0.2, 0.25) is 0 Å². The van der Waals surface area contributed by atoms with Gasteiger partial charge in [0.2, 0.25) is 0 Å². The molecule has 1 fully saturated rings. The van der Waals surface area contributed by atoms with Gasteiger partial charge in [0.05, 0.1) is 0 Å². The van der Waals surface area contributed by atoms with Crippen LogP contribution in [-0.2, 0) is 0 Å². The highest BCUT2D eigenvalue weighted by molar-refractivity contribution is 5.89. The van der Waals surface area contributed by atoms with Gasteiger partial charge in [-0.15, -0.1) is 0 Å². The molecule has 0 radical (unpaired) electrons. The number of nitrogens with one attached hydrogen (secondary N) is 1. The first kappa shape index (κ1) is 11.9. The fourth-order valence-corrected chi connectivity index (χ4v) is 2.13. The summed E-state index contributed by atoms with van der Waals surface area (Å²) in [6, 6.07) is 6.02. The Bertz CT molecular complexity index is 391. The third-order valence-corrected chi connectivity index (χ3v) is 3.16. The summed E-state index contributed by atoms with van der Waals surface area (Å²) < 4.78 is 12.7. The SMILES string of the molecule is CC1CCCCN1C(=O)Nc1ccc(F)cc1. The number of hydrogen-bond acceptors (Lipinski definition) is 1. The van der Waals surface area contributed by atoms with E-state index in [1.807, 2.05) is 4.90 Å². The van der Waals surface area contributed by atoms with E-state index in [-0.39, 0.29) is 17.9 Å². The van der Waals surface area contributed by atoms with Crippen LogP contribution in [0.25, 0.3) is 0 Å². The molecule has 0 aromatic heterocycles. The van der Waals surface area contributed by atoms with Crippen molar-refractivity contribution in [3.8, 4) is 0 Å². The summed E-state index contributed by atoms with van der Waals surface area (Å²) in [6.07, 6.45) is 3.29. The van der Waals surface area contributed by atoms with E-state index in [1.165, 1.54) is 18.6 Å². The van der Waals surface area contributed by atoms with Gasteiger partial charge in [0.25, 0.3) is 0 Å². The fourth-order valence-electron chi connectivity index (χ4n) is 2.13. The molecule has 0 saturated carbocycles. The fraction of sp³-hybridized carbons (Fsp3) is 0.462. The minimum atomic E-state index is -0.297. The molecule has 2 amide bonds. The van der Waals surface area contributed by atoms with E-state index in [0.29, 0.717) is 5.69 Å². The molecular formula is C13H17FN2O. The quantitative estimate of drug-likeness (QED) is 0.797. The third kappa shape index (κ3) is 2.96. The largest absolute Gasteiger partial charge is 0.322 e. The zero-order chi connectivity index (χ0) is 12.3. The zero-order valence-electron chi connectivity index (χ0n) is 9.95. The first-order chi connectivity index (χ1) is 8.16. The number of carbonyl (C=O) groups is 1. The lowest BCUT2D eigenvalue weighted by Crippen LogP contribution is -2.44. The van der Waals surface area contributed by atoms with Crippen molar-refractivity contribution in [3.05, 3.63) is 30.1 Å². The van der Waals surface area contributed by atoms with Gasteiger partial charge in [0, 0.05) is 18.3 Å². The molecule has 0 aliphatic carbocycles. The van der Waals surface area contributed by atoms with E-state index in [1.54, 1.807) is 12.1 Å². The Morgan fingerprint density at radius 1 is 1.35 bits per heavy atom. The first-order valence-electron chi connectivity index (χ1n) is 6.00. The number of nitrogens with zero attached hydrogens (tertiary/aromatic N) is 1. The molecule has 0 bridgehead atoms. The lowest BCUT2D eigenvalue weighted by molar-refractivity contribution is 0.170. The molecule has 1 aliphatic heterocycles. The Balaban J connectivity index is 1.98. The molecule has 2 rings (SSSR count). The van der Waals surface area contributed by atoms with E-state index < -0.39 is 0 Å². The maximum absolute atomic E-state index is 12.7. The molecule has 1 atom stereocenters. The molecule has 1 aromatic rings. The number of anilines is 1. The molecule has 1 aliphatic rings. The van der Waals surface area contributed by atoms with Crippen molar-refractivity contribution in [3.63, 3.8) is 0 Å². The van der Waals surface area contributed by atoms with Gasteiger partial charge in [-0.2, -0.15) is 0 Å². The van der Waals surface area contributed by atoms with Crippen LogP contribution in [0.1, 0.15) is 26.2 Å². The predicted molar refractivity (Wildman–Crippen MR) is 65.4 cm³/mol. The number of benzene rings is 1. The van der Waals surface area contributed by atoms with Gasteiger partial charge >= 0.3 is 6.03 Å². The summed E-state index contributed by atoms with van der Waals surface area (Å²) in [7, 11) is 0. The third-order valence-electron chi connectivity index (χ3n) is 3.16. The minimum Gasteiger partial charge on any atom is -0.322 e. The Kier molecular flexibility index (Phi) is 3.61. The van der Waals surface area contributed by atoms with E-state index in [4.69, 9.17) is 0 Å². The van der Waals surface area contributed by atoms with Crippen LogP contribution in [-0.4, -0.2) is 23.5 Å². The topological polar surface area (TPSA) is 32.3 Å². The lowest BCUT2D eigenvalue weighted by atomic mass is 10.0. The summed E-state index contributed by atoms with van der Waals surface area (Å²) in [5, 5.41) is 2.79. The summed E-state index contributed by atoms with van der Waals surface area (Å²) in [6.45, 7) is 2.86. The smallest absolute Gasteiger partial charge is 0.322 e. The summed E-state index contributed by atoms with van der Waals surface area (Å²) in [4.78, 5) is 13.8. The van der Waals surface area contributed by atoms with Crippen LogP contribution >= 0.6 is 0 Å². The molecule has 1 aromatic carbocycles. The van der Waals surface area contributed by atoms with Crippen molar-refractivity contribution in [2.24, 2.45) is 0 Å². The number of halogens is 1. The van der Waals surface area contributed by atoms with Gasteiger partial charge < -0.3 is 10.2 Å². The Hall–Kier alpha value is -1.58. The summed E-state index contributed by atoms with van der Waals surface area (Å²) in [5.41, 5.74) is 0.633. The van der Waals surface area contributed by atoms with Crippen molar-refractivity contribution in [1.29, 1.82) is 0 Å². The highest BCUT2D eigenvalue weighted by Crippen LogP contribution is 2.18. The molecule has 92 valence electrons. The van der Waals surface area contributed by atoms with Crippen molar-refractivity contribution < 1.29 is 9.18 Å². The van der Waals surface area contributed by atoms with Crippen molar-refractivity contribution in [1.82, 2.24) is 4.90 Å².